The van der Waals surface area contributed by atoms with E-state index in [9.17, 15) is 14.0 Å². The Morgan fingerprint density at radius 2 is 1.77 bits per heavy atom. The summed E-state index contributed by atoms with van der Waals surface area (Å²) in [6.45, 7) is 0.655. The van der Waals surface area contributed by atoms with E-state index in [4.69, 9.17) is 0 Å². The van der Waals surface area contributed by atoms with Gasteiger partial charge in [-0.1, -0.05) is 30.3 Å². The molecule has 1 fully saturated rings. The van der Waals surface area contributed by atoms with Crippen LogP contribution in [0.5, 0.6) is 0 Å². The third kappa shape index (κ3) is 4.00. The Morgan fingerprint density at radius 3 is 2.48 bits per heavy atom. The minimum Gasteiger partial charge on any atom is -0.330 e. The number of thiophene rings is 1. The van der Waals surface area contributed by atoms with Crippen LogP contribution >= 0.6 is 11.3 Å². The van der Waals surface area contributed by atoms with E-state index in [1.54, 1.807) is 40.5 Å². The van der Waals surface area contributed by atoms with E-state index in [0.717, 1.165) is 30.4 Å². The van der Waals surface area contributed by atoms with E-state index >= 15 is 0 Å². The number of carbonyl (C=O) groups excluding carboxylic acids is 2. The van der Waals surface area contributed by atoms with Gasteiger partial charge in [-0.15, -0.1) is 11.3 Å². The van der Waals surface area contributed by atoms with Gasteiger partial charge in [-0.25, -0.2) is 4.39 Å². The lowest BCUT2D eigenvalue weighted by Crippen LogP contribution is -2.47. The first-order valence-electron chi connectivity index (χ1n) is 10.6. The molecule has 2 aliphatic rings. The number of nitrogens with zero attached hydrogens (tertiary/aromatic N) is 2. The van der Waals surface area contributed by atoms with Gasteiger partial charge in [-0.05, 0) is 66.1 Å². The second-order valence-corrected chi connectivity index (χ2v) is 9.12. The molecule has 158 valence electrons. The third-order valence-corrected chi connectivity index (χ3v) is 7.04. The maximum atomic E-state index is 13.5. The molecule has 0 saturated heterocycles. The molecule has 2 amide bonds. The van der Waals surface area contributed by atoms with Crippen LogP contribution in [0.1, 0.15) is 45.2 Å². The molecule has 0 radical (unpaired) electrons. The zero-order valence-electron chi connectivity index (χ0n) is 17.0. The van der Waals surface area contributed by atoms with Crippen molar-refractivity contribution in [1.29, 1.82) is 0 Å². The summed E-state index contributed by atoms with van der Waals surface area (Å²) in [4.78, 5) is 31.5. The van der Waals surface area contributed by atoms with Gasteiger partial charge >= 0.3 is 0 Å². The summed E-state index contributed by atoms with van der Waals surface area (Å²) in [7, 11) is 0. The topological polar surface area (TPSA) is 40.6 Å². The summed E-state index contributed by atoms with van der Waals surface area (Å²) in [6.07, 6.45) is 2.66. The highest BCUT2D eigenvalue weighted by Gasteiger charge is 2.38. The normalized spacial score (nSPS) is 17.8. The lowest BCUT2D eigenvalue weighted by Gasteiger charge is -2.37. The number of hydrogen-bond donors (Lipinski definition) is 0. The van der Waals surface area contributed by atoms with Gasteiger partial charge < -0.3 is 9.80 Å². The molecule has 2 heterocycles. The highest BCUT2D eigenvalue weighted by molar-refractivity contribution is 7.10. The Morgan fingerprint density at radius 1 is 1.03 bits per heavy atom. The molecule has 0 N–H and O–H groups in total. The van der Waals surface area contributed by atoms with Crippen LogP contribution in [0.2, 0.25) is 0 Å². The highest BCUT2D eigenvalue weighted by Crippen LogP contribution is 2.38. The minimum atomic E-state index is -0.295. The van der Waals surface area contributed by atoms with Crippen LogP contribution in [-0.2, 0) is 11.2 Å². The van der Waals surface area contributed by atoms with Gasteiger partial charge in [0.15, 0.2) is 0 Å². The SMILES string of the molecule is O=C(c1ccccc1)N(CC(=O)N1CCc2sccc2C1c1ccc(F)cc1)C1CC1. The molecule has 31 heavy (non-hydrogen) atoms. The van der Waals surface area contributed by atoms with Crippen molar-refractivity contribution < 1.29 is 14.0 Å². The van der Waals surface area contributed by atoms with Crippen LogP contribution in [0.15, 0.2) is 66.0 Å². The van der Waals surface area contributed by atoms with E-state index in [1.807, 2.05) is 28.5 Å². The van der Waals surface area contributed by atoms with E-state index in [1.165, 1.54) is 17.0 Å². The molecule has 1 aliphatic carbocycles. The first-order valence-corrected chi connectivity index (χ1v) is 11.5. The number of rotatable bonds is 5. The lowest BCUT2D eigenvalue weighted by atomic mass is 9.93. The molecular weight excluding hydrogens is 411 g/mol. The smallest absolute Gasteiger partial charge is 0.254 e. The van der Waals surface area contributed by atoms with Crippen molar-refractivity contribution in [3.63, 3.8) is 0 Å². The minimum absolute atomic E-state index is 0.0650. The molecule has 1 saturated carbocycles. The van der Waals surface area contributed by atoms with E-state index < -0.39 is 0 Å². The molecule has 6 heteroatoms. The van der Waals surface area contributed by atoms with Crippen LogP contribution in [0.4, 0.5) is 4.39 Å². The first kappa shape index (κ1) is 19.9. The van der Waals surface area contributed by atoms with Crippen molar-refractivity contribution in [2.75, 3.05) is 13.1 Å². The van der Waals surface area contributed by atoms with Crippen LogP contribution in [0, 0.1) is 5.82 Å². The molecule has 0 spiro atoms. The van der Waals surface area contributed by atoms with Crippen molar-refractivity contribution in [1.82, 2.24) is 9.80 Å². The summed E-state index contributed by atoms with van der Waals surface area (Å²) in [5.41, 5.74) is 2.60. The first-order chi connectivity index (χ1) is 15.1. The summed E-state index contributed by atoms with van der Waals surface area (Å²) in [5.74, 6) is -0.457. The Balaban J connectivity index is 1.43. The predicted octanol–water partition coefficient (Wildman–Crippen LogP) is 4.67. The predicted molar refractivity (Wildman–Crippen MR) is 118 cm³/mol. The quantitative estimate of drug-likeness (QED) is 0.586. The van der Waals surface area contributed by atoms with Gasteiger partial charge in [0.1, 0.15) is 12.4 Å². The van der Waals surface area contributed by atoms with Crippen molar-refractivity contribution in [3.8, 4) is 0 Å². The van der Waals surface area contributed by atoms with Crippen molar-refractivity contribution >= 4 is 23.2 Å². The average Bonchev–Trinajstić information content (AvgIpc) is 3.53. The monoisotopic (exact) mass is 434 g/mol. The zero-order chi connectivity index (χ0) is 21.4. The Labute approximate surface area is 184 Å². The molecule has 1 unspecified atom stereocenters. The van der Waals surface area contributed by atoms with Crippen LogP contribution in [0.25, 0.3) is 0 Å². The van der Waals surface area contributed by atoms with Crippen molar-refractivity contribution in [3.05, 3.63) is 93.4 Å². The summed E-state index contributed by atoms with van der Waals surface area (Å²) < 4.78 is 13.5. The van der Waals surface area contributed by atoms with Gasteiger partial charge in [0, 0.05) is 23.0 Å². The number of halogens is 1. The highest BCUT2D eigenvalue weighted by atomic mass is 32.1. The van der Waals surface area contributed by atoms with Crippen LogP contribution in [0.3, 0.4) is 0 Å². The van der Waals surface area contributed by atoms with Crippen LogP contribution in [-0.4, -0.2) is 40.7 Å². The summed E-state index contributed by atoms with van der Waals surface area (Å²) in [6, 6.07) is 17.5. The zero-order valence-corrected chi connectivity index (χ0v) is 17.9. The van der Waals surface area contributed by atoms with Gasteiger partial charge in [-0.3, -0.25) is 9.59 Å². The lowest BCUT2D eigenvalue weighted by molar-refractivity contribution is -0.134. The van der Waals surface area contributed by atoms with Crippen LogP contribution < -0.4 is 0 Å². The number of hydrogen-bond acceptors (Lipinski definition) is 3. The number of amides is 2. The van der Waals surface area contributed by atoms with Gasteiger partial charge in [0.05, 0.1) is 6.04 Å². The fraction of sp³-hybridized carbons (Fsp3) is 0.280. The fourth-order valence-electron chi connectivity index (χ4n) is 4.33. The standard InChI is InChI=1S/C25H23FN2O2S/c26-19-8-6-17(7-9-19)24-21-13-15-31-22(21)12-14-27(24)23(29)16-28(20-10-11-20)25(30)18-4-2-1-3-5-18/h1-9,13,15,20,24H,10-12,14,16H2. The molecule has 4 nitrogen and oxygen atoms in total. The van der Waals surface area contributed by atoms with Crippen molar-refractivity contribution in [2.24, 2.45) is 0 Å². The number of benzene rings is 2. The second kappa shape index (κ2) is 8.27. The second-order valence-electron chi connectivity index (χ2n) is 8.12. The average molecular weight is 435 g/mol. The molecule has 3 aromatic rings. The Kier molecular flexibility index (Phi) is 5.32. The molecule has 0 bridgehead atoms. The molecule has 1 atom stereocenters. The van der Waals surface area contributed by atoms with Gasteiger partial charge in [0.2, 0.25) is 5.91 Å². The van der Waals surface area contributed by atoms with E-state index in [-0.39, 0.29) is 36.3 Å². The Bertz CT molecular complexity index is 1090. The molecular formula is C25H23FN2O2S. The molecule has 1 aromatic heterocycles. The molecule has 1 aliphatic heterocycles. The van der Waals surface area contributed by atoms with Gasteiger partial charge in [-0.2, -0.15) is 0 Å². The largest absolute Gasteiger partial charge is 0.330 e. The fourth-order valence-corrected chi connectivity index (χ4v) is 5.23. The van der Waals surface area contributed by atoms with Gasteiger partial charge in [0.25, 0.3) is 5.91 Å². The summed E-state index contributed by atoms with van der Waals surface area (Å²) >= 11 is 1.70. The number of carbonyl (C=O) groups is 2. The maximum Gasteiger partial charge on any atom is 0.254 e. The number of fused-ring (bicyclic) bond motifs is 1. The van der Waals surface area contributed by atoms with Crippen molar-refractivity contribution in [2.45, 2.75) is 31.3 Å². The third-order valence-electron chi connectivity index (χ3n) is 6.05. The van der Waals surface area contributed by atoms with E-state index in [0.29, 0.717) is 12.1 Å². The molecule has 2 aromatic carbocycles. The Hall–Kier alpha value is -2.99. The summed E-state index contributed by atoms with van der Waals surface area (Å²) in [5, 5.41) is 2.05. The maximum absolute atomic E-state index is 13.5. The van der Waals surface area contributed by atoms with E-state index in [2.05, 4.69) is 6.07 Å². The molecule has 5 rings (SSSR count).